The molecule has 0 heterocycles. The van der Waals surface area contributed by atoms with Crippen molar-refractivity contribution >= 4 is 34.4 Å². The quantitative estimate of drug-likeness (QED) is 0.0846. The van der Waals surface area contributed by atoms with Gasteiger partial charge in [0.05, 0.1) is 11.9 Å². The van der Waals surface area contributed by atoms with E-state index in [1.807, 2.05) is 78.6 Å². The number of nitrogens with two attached hydrogens (primary N) is 2. The third-order valence-electron chi connectivity index (χ3n) is 10.0. The van der Waals surface area contributed by atoms with Crippen molar-refractivity contribution in [3.8, 4) is 22.3 Å². The monoisotopic (exact) mass is 703 g/mol. The lowest BCUT2D eigenvalue weighted by Gasteiger charge is -2.28. The first-order valence-electron chi connectivity index (χ1n) is 18.2. The van der Waals surface area contributed by atoms with E-state index in [4.69, 9.17) is 11.5 Å². The Labute approximate surface area is 319 Å². The Morgan fingerprint density at radius 2 is 1.20 bits per heavy atom. The molecule has 0 radical (unpaired) electrons. The predicted octanol–water partition coefficient (Wildman–Crippen LogP) is 11.9. The lowest BCUT2D eigenvalue weighted by molar-refractivity contribution is 0.660. The van der Waals surface area contributed by atoms with Crippen molar-refractivity contribution in [2.75, 3.05) is 9.80 Å². The summed E-state index contributed by atoms with van der Waals surface area (Å²) in [7, 11) is 0. The first kappa shape index (κ1) is 35.5. The van der Waals surface area contributed by atoms with Crippen LogP contribution >= 0.6 is 0 Å². The van der Waals surface area contributed by atoms with Crippen LogP contribution in [-0.2, 0) is 5.41 Å². The summed E-state index contributed by atoms with van der Waals surface area (Å²) in [5.74, 6) is 0.267. The van der Waals surface area contributed by atoms with Crippen LogP contribution in [-0.4, -0.2) is 5.96 Å². The molecule has 266 valence electrons. The second kappa shape index (κ2) is 15.4. The van der Waals surface area contributed by atoms with Crippen LogP contribution < -0.4 is 21.3 Å². The van der Waals surface area contributed by atoms with E-state index < -0.39 is 0 Å². The fourth-order valence-electron chi connectivity index (χ4n) is 7.20. The zero-order chi connectivity index (χ0) is 37.7. The highest BCUT2D eigenvalue weighted by molar-refractivity contribution is 5.99. The molecule has 0 amide bonds. The van der Waals surface area contributed by atoms with E-state index in [1.54, 1.807) is 12.3 Å². The average molecular weight is 704 g/mol. The molecule has 6 aromatic carbocycles. The molecule has 7 rings (SSSR count). The Kier molecular flexibility index (Phi) is 10.1. The highest BCUT2D eigenvalue weighted by Gasteiger charge is 2.35. The maximum absolute atomic E-state index is 6.64. The van der Waals surface area contributed by atoms with Crippen molar-refractivity contribution in [3.05, 3.63) is 211 Å². The van der Waals surface area contributed by atoms with E-state index in [0.29, 0.717) is 5.70 Å². The van der Waals surface area contributed by atoms with Crippen molar-refractivity contribution in [1.82, 2.24) is 0 Å². The Hall–Kier alpha value is -6.85. The Morgan fingerprint density at radius 3 is 1.87 bits per heavy atom. The SMILES string of the molecule is C=C/C(=C\C=C/C)N(C(N)=N/C=C(\N)c1ccc(N(c2ccc(-c3ccccc3)cc2)c2ccc3c(c2)C(C)(C)c2ccccc2-3)cc1)c1ccccc1. The van der Waals surface area contributed by atoms with Gasteiger partial charge >= 0.3 is 0 Å². The summed E-state index contributed by atoms with van der Waals surface area (Å²) in [4.78, 5) is 8.76. The van der Waals surface area contributed by atoms with E-state index in [0.717, 1.165) is 34.0 Å². The molecule has 0 fully saturated rings. The van der Waals surface area contributed by atoms with Gasteiger partial charge in [-0.15, -0.1) is 0 Å². The molecule has 0 unspecified atom stereocenters. The number of anilines is 4. The molecular weight excluding hydrogens is 659 g/mol. The lowest BCUT2D eigenvalue weighted by Crippen LogP contribution is -2.36. The van der Waals surface area contributed by atoms with E-state index in [9.17, 15) is 0 Å². The fraction of sp³-hybridized carbons (Fsp3) is 0.0816. The van der Waals surface area contributed by atoms with Crippen LogP contribution in [0.25, 0.3) is 28.0 Å². The van der Waals surface area contributed by atoms with Crippen molar-refractivity contribution < 1.29 is 0 Å². The van der Waals surface area contributed by atoms with Gasteiger partial charge in [0.1, 0.15) is 0 Å². The number of benzene rings is 6. The number of aliphatic imine (C=N–C) groups is 1. The van der Waals surface area contributed by atoms with E-state index in [-0.39, 0.29) is 11.4 Å². The number of guanidine groups is 1. The number of fused-ring (bicyclic) bond motifs is 3. The summed E-state index contributed by atoms with van der Waals surface area (Å²) < 4.78 is 0. The summed E-state index contributed by atoms with van der Waals surface area (Å²) in [5.41, 5.74) is 26.9. The standard InChI is InChI=1S/C49H45N5/c1-5-7-18-38(6-2)54(39-19-12-9-13-20-39)48(51)52-34-47(50)37-25-29-41(30-26-37)53(40-27-23-36(24-28-40)35-16-10-8-11-17-35)42-31-32-44-43-21-14-15-22-45(43)49(3,4)46(44)33-42/h5-34H,2,50H2,1,3-4H3,(H2,51,52)/b7-5-,38-18+,47-34-. The first-order valence-corrected chi connectivity index (χ1v) is 18.2. The number of hydrogen-bond acceptors (Lipinski definition) is 3. The maximum Gasteiger partial charge on any atom is 0.205 e. The van der Waals surface area contributed by atoms with Crippen LogP contribution in [0.4, 0.5) is 22.7 Å². The Balaban J connectivity index is 1.24. The topological polar surface area (TPSA) is 70.9 Å². The van der Waals surface area contributed by atoms with Gasteiger partial charge in [0, 0.05) is 33.9 Å². The van der Waals surface area contributed by atoms with Gasteiger partial charge in [-0.25, -0.2) is 4.99 Å². The normalized spacial score (nSPS) is 13.7. The second-order valence-electron chi connectivity index (χ2n) is 13.8. The van der Waals surface area contributed by atoms with E-state index >= 15 is 0 Å². The summed E-state index contributed by atoms with van der Waals surface area (Å²) in [6.45, 7) is 10.6. The number of nitrogens with zero attached hydrogens (tertiary/aromatic N) is 3. The van der Waals surface area contributed by atoms with Gasteiger partial charge in [0.2, 0.25) is 5.96 Å². The average Bonchev–Trinajstić information content (AvgIpc) is 3.45. The molecular formula is C49H45N5. The summed E-state index contributed by atoms with van der Waals surface area (Å²) in [6.07, 6.45) is 9.19. The molecule has 54 heavy (non-hydrogen) atoms. The zero-order valence-corrected chi connectivity index (χ0v) is 31.0. The molecule has 4 N–H and O–H groups in total. The van der Waals surface area contributed by atoms with E-state index in [2.05, 4.69) is 133 Å². The molecule has 0 aromatic heterocycles. The highest BCUT2D eigenvalue weighted by Crippen LogP contribution is 2.50. The summed E-state index contributed by atoms with van der Waals surface area (Å²) in [6, 6.07) is 52.9. The third-order valence-corrected chi connectivity index (χ3v) is 10.0. The van der Waals surface area contributed by atoms with Gasteiger partial charge in [-0.1, -0.05) is 136 Å². The first-order chi connectivity index (χ1) is 26.3. The zero-order valence-electron chi connectivity index (χ0n) is 31.0. The van der Waals surface area contributed by atoms with Crippen molar-refractivity contribution in [1.29, 1.82) is 0 Å². The second-order valence-corrected chi connectivity index (χ2v) is 13.8. The van der Waals surface area contributed by atoms with E-state index in [1.165, 1.54) is 33.4 Å². The van der Waals surface area contributed by atoms with Crippen molar-refractivity contribution in [2.24, 2.45) is 16.5 Å². The minimum Gasteiger partial charge on any atom is -0.397 e. The number of para-hydroxylation sites is 1. The summed E-state index contributed by atoms with van der Waals surface area (Å²) >= 11 is 0. The van der Waals surface area contributed by atoms with Crippen LogP contribution in [0, 0.1) is 0 Å². The molecule has 0 saturated carbocycles. The number of allylic oxidation sites excluding steroid dienone is 4. The molecule has 1 aliphatic rings. The van der Waals surface area contributed by atoms with Crippen LogP contribution in [0.5, 0.6) is 0 Å². The molecule has 0 aliphatic heterocycles. The van der Waals surface area contributed by atoms with Crippen LogP contribution in [0.1, 0.15) is 37.5 Å². The third kappa shape index (κ3) is 7.00. The lowest BCUT2D eigenvalue weighted by atomic mass is 9.82. The maximum atomic E-state index is 6.64. The number of rotatable bonds is 10. The molecule has 5 nitrogen and oxygen atoms in total. The van der Waals surface area contributed by atoms with Crippen molar-refractivity contribution in [2.45, 2.75) is 26.2 Å². The minimum atomic E-state index is -0.124. The molecule has 1 aliphatic carbocycles. The molecule has 6 aromatic rings. The predicted molar refractivity (Wildman–Crippen MR) is 230 cm³/mol. The van der Waals surface area contributed by atoms with Gasteiger partial charge < -0.3 is 16.4 Å². The minimum absolute atomic E-state index is 0.124. The van der Waals surface area contributed by atoms with Gasteiger partial charge in [-0.05, 0) is 107 Å². The van der Waals surface area contributed by atoms with Gasteiger partial charge in [-0.2, -0.15) is 0 Å². The number of hydrogen-bond donors (Lipinski definition) is 2. The fourth-order valence-corrected chi connectivity index (χ4v) is 7.20. The van der Waals surface area contributed by atoms with Crippen LogP contribution in [0.3, 0.4) is 0 Å². The Bertz CT molecular complexity index is 2380. The van der Waals surface area contributed by atoms with Gasteiger partial charge in [-0.3, -0.25) is 4.90 Å². The van der Waals surface area contributed by atoms with Gasteiger partial charge in [0.25, 0.3) is 0 Å². The smallest absolute Gasteiger partial charge is 0.205 e. The molecule has 0 bridgehead atoms. The summed E-state index contributed by atoms with van der Waals surface area (Å²) in [5, 5.41) is 0. The molecule has 0 saturated heterocycles. The highest BCUT2D eigenvalue weighted by atomic mass is 15.3. The molecule has 0 atom stereocenters. The largest absolute Gasteiger partial charge is 0.397 e. The van der Waals surface area contributed by atoms with Gasteiger partial charge in [0.15, 0.2) is 0 Å². The van der Waals surface area contributed by atoms with Crippen LogP contribution in [0.15, 0.2) is 199 Å². The molecule has 0 spiro atoms. The van der Waals surface area contributed by atoms with Crippen LogP contribution in [0.2, 0.25) is 0 Å². The molecule has 5 heteroatoms. The Morgan fingerprint density at radius 1 is 0.630 bits per heavy atom. The van der Waals surface area contributed by atoms with Crippen molar-refractivity contribution in [3.63, 3.8) is 0 Å².